The summed E-state index contributed by atoms with van der Waals surface area (Å²) in [7, 11) is 0. The summed E-state index contributed by atoms with van der Waals surface area (Å²) in [4.78, 5) is 22.5. The van der Waals surface area contributed by atoms with Crippen molar-refractivity contribution in [2.24, 2.45) is 0 Å². The molecule has 0 fully saturated rings. The number of nitrogens with one attached hydrogen (secondary N) is 2. The Labute approximate surface area is 113 Å². The van der Waals surface area contributed by atoms with E-state index in [4.69, 9.17) is 5.11 Å². The van der Waals surface area contributed by atoms with Crippen molar-refractivity contribution in [3.8, 4) is 0 Å². The van der Waals surface area contributed by atoms with Gasteiger partial charge < -0.3 is 15.7 Å². The van der Waals surface area contributed by atoms with Gasteiger partial charge in [0, 0.05) is 11.1 Å². The van der Waals surface area contributed by atoms with Crippen LogP contribution in [-0.2, 0) is 0 Å². The molecule has 2 amide bonds. The Morgan fingerprint density at radius 3 is 2.47 bits per heavy atom. The van der Waals surface area contributed by atoms with Gasteiger partial charge in [0.1, 0.15) is 0 Å². The van der Waals surface area contributed by atoms with E-state index < -0.39 is 5.97 Å². The average molecular weight is 276 g/mol. The van der Waals surface area contributed by atoms with E-state index in [-0.39, 0.29) is 11.6 Å². The highest BCUT2D eigenvalue weighted by Crippen LogP contribution is 2.16. The molecular weight excluding hydrogens is 264 g/mol. The molecule has 0 bridgehead atoms. The third kappa shape index (κ3) is 3.32. The van der Waals surface area contributed by atoms with Crippen LogP contribution in [0.3, 0.4) is 0 Å². The van der Waals surface area contributed by atoms with Crippen LogP contribution < -0.4 is 10.6 Å². The zero-order valence-electron chi connectivity index (χ0n) is 10.1. The van der Waals surface area contributed by atoms with Gasteiger partial charge in [-0.2, -0.15) is 11.3 Å². The average Bonchev–Trinajstić information content (AvgIpc) is 2.81. The minimum atomic E-state index is -0.980. The number of amides is 2. The molecular formula is C13H12N2O3S. The normalized spacial score (nSPS) is 9.95. The summed E-state index contributed by atoms with van der Waals surface area (Å²) < 4.78 is 0. The third-order valence-corrected chi connectivity index (χ3v) is 3.18. The van der Waals surface area contributed by atoms with E-state index in [1.54, 1.807) is 25.1 Å². The number of carboxylic acid groups (broad SMARTS) is 1. The highest BCUT2D eigenvalue weighted by Gasteiger charge is 2.08. The Kier molecular flexibility index (Phi) is 3.82. The molecule has 0 unspecified atom stereocenters. The molecule has 19 heavy (non-hydrogen) atoms. The highest BCUT2D eigenvalue weighted by atomic mass is 32.1. The molecule has 2 rings (SSSR count). The molecule has 0 atom stereocenters. The third-order valence-electron chi connectivity index (χ3n) is 2.49. The van der Waals surface area contributed by atoms with Crippen molar-refractivity contribution >= 4 is 34.7 Å². The molecule has 0 spiro atoms. The number of urea groups is 1. The molecule has 0 aliphatic rings. The molecule has 0 aliphatic carbocycles. The Morgan fingerprint density at radius 2 is 1.89 bits per heavy atom. The van der Waals surface area contributed by atoms with Gasteiger partial charge in [-0.1, -0.05) is 0 Å². The zero-order chi connectivity index (χ0) is 13.8. The smallest absolute Gasteiger partial charge is 0.335 e. The zero-order valence-corrected chi connectivity index (χ0v) is 11.0. The van der Waals surface area contributed by atoms with Crippen LogP contribution in [0.5, 0.6) is 0 Å². The number of aromatic carboxylic acids is 1. The van der Waals surface area contributed by atoms with Crippen LogP contribution in [0, 0.1) is 6.92 Å². The maximum atomic E-state index is 11.7. The second-order valence-corrected chi connectivity index (χ2v) is 4.71. The van der Waals surface area contributed by atoms with E-state index in [1.807, 2.05) is 10.8 Å². The van der Waals surface area contributed by atoms with Crippen molar-refractivity contribution < 1.29 is 14.7 Å². The minimum absolute atomic E-state index is 0.226. The van der Waals surface area contributed by atoms with Gasteiger partial charge in [0.15, 0.2) is 0 Å². The lowest BCUT2D eigenvalue weighted by atomic mass is 10.1. The summed E-state index contributed by atoms with van der Waals surface area (Å²) in [6, 6.07) is 6.09. The van der Waals surface area contributed by atoms with Gasteiger partial charge >= 0.3 is 12.0 Å². The number of benzene rings is 1. The summed E-state index contributed by atoms with van der Waals surface area (Å²) in [5.74, 6) is -0.980. The van der Waals surface area contributed by atoms with Gasteiger partial charge in [0.05, 0.1) is 11.3 Å². The van der Waals surface area contributed by atoms with Gasteiger partial charge in [-0.25, -0.2) is 9.59 Å². The van der Waals surface area contributed by atoms with Crippen molar-refractivity contribution in [2.45, 2.75) is 6.92 Å². The lowest BCUT2D eigenvalue weighted by Crippen LogP contribution is -2.19. The minimum Gasteiger partial charge on any atom is -0.478 e. The number of carbonyl (C=O) groups excluding carboxylic acids is 1. The first kappa shape index (κ1) is 13.1. The molecule has 0 radical (unpaired) electrons. The fourth-order valence-corrected chi connectivity index (χ4v) is 2.20. The van der Waals surface area contributed by atoms with Crippen molar-refractivity contribution in [1.82, 2.24) is 0 Å². The van der Waals surface area contributed by atoms with Gasteiger partial charge in [0.2, 0.25) is 0 Å². The fourth-order valence-electron chi connectivity index (χ4n) is 1.61. The molecule has 1 aromatic heterocycles. The maximum Gasteiger partial charge on any atom is 0.335 e. The summed E-state index contributed by atoms with van der Waals surface area (Å²) in [5, 5.41) is 17.9. The molecule has 1 heterocycles. The predicted octanol–water partition coefficient (Wildman–Crippen LogP) is 3.40. The van der Waals surface area contributed by atoms with Crippen molar-refractivity contribution in [3.63, 3.8) is 0 Å². The summed E-state index contributed by atoms with van der Waals surface area (Å²) in [5.41, 5.74) is 2.10. The number of aryl methyl sites for hydroxylation is 1. The quantitative estimate of drug-likeness (QED) is 0.804. The van der Waals surface area contributed by atoms with Gasteiger partial charge in [-0.05, 0) is 42.1 Å². The first-order valence-corrected chi connectivity index (χ1v) is 6.44. The molecule has 6 heteroatoms. The second-order valence-electron chi connectivity index (χ2n) is 3.93. The number of carboxylic acids is 1. The largest absolute Gasteiger partial charge is 0.478 e. The van der Waals surface area contributed by atoms with Crippen LogP contribution in [0.1, 0.15) is 15.9 Å². The topological polar surface area (TPSA) is 78.4 Å². The van der Waals surface area contributed by atoms with E-state index in [9.17, 15) is 9.59 Å². The lowest BCUT2D eigenvalue weighted by molar-refractivity contribution is 0.0696. The number of anilines is 2. The predicted molar refractivity (Wildman–Crippen MR) is 75.1 cm³/mol. The number of hydrogen-bond donors (Lipinski definition) is 3. The number of carbonyl (C=O) groups is 2. The summed E-state index contributed by atoms with van der Waals surface area (Å²) in [6.45, 7) is 1.69. The van der Waals surface area contributed by atoms with Gasteiger partial charge in [-0.15, -0.1) is 0 Å². The van der Waals surface area contributed by atoms with E-state index >= 15 is 0 Å². The lowest BCUT2D eigenvalue weighted by Gasteiger charge is -2.08. The van der Waals surface area contributed by atoms with Gasteiger partial charge in [0.25, 0.3) is 0 Å². The van der Waals surface area contributed by atoms with Crippen molar-refractivity contribution in [2.75, 3.05) is 10.6 Å². The van der Waals surface area contributed by atoms with Crippen LogP contribution in [0.4, 0.5) is 16.2 Å². The Balaban J connectivity index is 2.05. The molecule has 98 valence electrons. The highest BCUT2D eigenvalue weighted by molar-refractivity contribution is 7.08. The van der Waals surface area contributed by atoms with Crippen LogP contribution in [0.15, 0.2) is 35.0 Å². The van der Waals surface area contributed by atoms with Gasteiger partial charge in [-0.3, -0.25) is 0 Å². The first-order chi connectivity index (χ1) is 9.06. The molecule has 0 saturated carbocycles. The standard InChI is InChI=1S/C13H12N2O3S/c1-8-6-9(2-3-11(8)12(16)17)14-13(18)15-10-4-5-19-7-10/h2-7H,1H3,(H,16,17)(H2,14,15,18). The van der Waals surface area contributed by atoms with Crippen LogP contribution in [0.25, 0.3) is 0 Å². The maximum absolute atomic E-state index is 11.7. The molecule has 3 N–H and O–H groups in total. The Bertz CT molecular complexity index is 608. The van der Waals surface area contributed by atoms with E-state index in [0.29, 0.717) is 11.3 Å². The fraction of sp³-hybridized carbons (Fsp3) is 0.0769. The molecule has 2 aromatic rings. The molecule has 1 aromatic carbocycles. The Hall–Kier alpha value is -2.34. The van der Waals surface area contributed by atoms with E-state index in [2.05, 4.69) is 10.6 Å². The second kappa shape index (κ2) is 5.53. The summed E-state index contributed by atoms with van der Waals surface area (Å²) >= 11 is 1.49. The molecule has 0 saturated heterocycles. The van der Waals surface area contributed by atoms with E-state index in [1.165, 1.54) is 17.4 Å². The molecule has 5 nitrogen and oxygen atoms in total. The van der Waals surface area contributed by atoms with Crippen LogP contribution >= 0.6 is 11.3 Å². The van der Waals surface area contributed by atoms with Crippen LogP contribution in [-0.4, -0.2) is 17.1 Å². The molecule has 0 aliphatic heterocycles. The summed E-state index contributed by atoms with van der Waals surface area (Å²) in [6.07, 6.45) is 0. The number of hydrogen-bond acceptors (Lipinski definition) is 3. The Morgan fingerprint density at radius 1 is 1.16 bits per heavy atom. The number of thiophene rings is 1. The van der Waals surface area contributed by atoms with E-state index in [0.717, 1.165) is 5.69 Å². The van der Waals surface area contributed by atoms with Crippen molar-refractivity contribution in [3.05, 3.63) is 46.2 Å². The SMILES string of the molecule is Cc1cc(NC(=O)Nc2ccsc2)ccc1C(=O)O. The van der Waals surface area contributed by atoms with Crippen molar-refractivity contribution in [1.29, 1.82) is 0 Å². The first-order valence-electron chi connectivity index (χ1n) is 5.50. The monoisotopic (exact) mass is 276 g/mol. The van der Waals surface area contributed by atoms with Crippen LogP contribution in [0.2, 0.25) is 0 Å². The number of rotatable bonds is 3.